The lowest BCUT2D eigenvalue weighted by atomic mass is 10.1. The molecule has 0 aromatic heterocycles. The molecule has 0 aromatic carbocycles. The summed E-state index contributed by atoms with van der Waals surface area (Å²) in [6.07, 6.45) is 3.83. The van der Waals surface area contributed by atoms with Crippen LogP contribution in [0.15, 0.2) is 0 Å². The van der Waals surface area contributed by atoms with E-state index in [2.05, 4.69) is 22.0 Å². The highest BCUT2D eigenvalue weighted by atomic mass is 16.3. The summed E-state index contributed by atoms with van der Waals surface area (Å²) in [7, 11) is 0. The Morgan fingerprint density at radius 2 is 2.24 bits per heavy atom. The molecule has 100 valence electrons. The van der Waals surface area contributed by atoms with Crippen LogP contribution in [0.4, 0.5) is 0 Å². The van der Waals surface area contributed by atoms with Gasteiger partial charge in [-0.15, -0.1) is 0 Å². The van der Waals surface area contributed by atoms with E-state index in [1.165, 1.54) is 39.0 Å². The summed E-state index contributed by atoms with van der Waals surface area (Å²) in [5, 5.41) is 12.6. The second-order valence-electron chi connectivity index (χ2n) is 5.36. The van der Waals surface area contributed by atoms with Crippen molar-refractivity contribution in [2.75, 3.05) is 45.9 Å². The summed E-state index contributed by atoms with van der Waals surface area (Å²) < 4.78 is 0. The van der Waals surface area contributed by atoms with Crippen LogP contribution in [0.3, 0.4) is 0 Å². The van der Waals surface area contributed by atoms with E-state index >= 15 is 0 Å². The first kappa shape index (κ1) is 13.3. The molecule has 0 radical (unpaired) electrons. The number of hydrogen-bond donors (Lipinski definition) is 2. The minimum atomic E-state index is 0.261. The van der Waals surface area contributed by atoms with Gasteiger partial charge >= 0.3 is 0 Å². The number of rotatable bonds is 6. The zero-order valence-electron chi connectivity index (χ0n) is 11.1. The second kappa shape index (κ2) is 6.69. The van der Waals surface area contributed by atoms with Crippen molar-refractivity contribution in [1.29, 1.82) is 0 Å². The highest BCUT2D eigenvalue weighted by Gasteiger charge is 2.30. The third-order valence-corrected chi connectivity index (χ3v) is 4.18. The van der Waals surface area contributed by atoms with Crippen molar-refractivity contribution in [1.82, 2.24) is 15.1 Å². The number of fused-ring (bicyclic) bond motifs is 1. The van der Waals surface area contributed by atoms with Gasteiger partial charge in [0.05, 0.1) is 6.61 Å². The molecule has 2 heterocycles. The van der Waals surface area contributed by atoms with E-state index in [0.29, 0.717) is 0 Å². The molecule has 2 saturated heterocycles. The maximum Gasteiger partial charge on any atom is 0.0585 e. The largest absolute Gasteiger partial charge is 0.395 e. The molecule has 0 spiro atoms. The average Bonchev–Trinajstić information content (AvgIpc) is 2.81. The van der Waals surface area contributed by atoms with Crippen molar-refractivity contribution in [3.05, 3.63) is 0 Å². The third kappa shape index (κ3) is 3.65. The summed E-state index contributed by atoms with van der Waals surface area (Å²) in [6, 6.07) is 1.09. The SMILES string of the molecule is CCNC(CO)CCN1CCN2CCCC2C1. The van der Waals surface area contributed by atoms with Crippen LogP contribution in [-0.2, 0) is 0 Å². The van der Waals surface area contributed by atoms with Crippen molar-refractivity contribution < 1.29 is 5.11 Å². The van der Waals surface area contributed by atoms with Crippen LogP contribution in [0.1, 0.15) is 26.2 Å². The van der Waals surface area contributed by atoms with Crippen molar-refractivity contribution in [2.45, 2.75) is 38.3 Å². The van der Waals surface area contributed by atoms with Crippen LogP contribution in [0.25, 0.3) is 0 Å². The van der Waals surface area contributed by atoms with Gasteiger partial charge in [0.1, 0.15) is 0 Å². The van der Waals surface area contributed by atoms with Crippen molar-refractivity contribution >= 4 is 0 Å². The van der Waals surface area contributed by atoms with Gasteiger partial charge in [-0.25, -0.2) is 0 Å². The van der Waals surface area contributed by atoms with E-state index in [-0.39, 0.29) is 12.6 Å². The monoisotopic (exact) mass is 241 g/mol. The van der Waals surface area contributed by atoms with E-state index in [9.17, 15) is 5.11 Å². The molecular formula is C13H27N3O. The first-order valence-electron chi connectivity index (χ1n) is 7.14. The van der Waals surface area contributed by atoms with Crippen LogP contribution in [0.5, 0.6) is 0 Å². The van der Waals surface area contributed by atoms with Gasteiger partial charge in [0.15, 0.2) is 0 Å². The Morgan fingerprint density at radius 1 is 1.35 bits per heavy atom. The van der Waals surface area contributed by atoms with Crippen LogP contribution in [0, 0.1) is 0 Å². The number of hydrogen-bond acceptors (Lipinski definition) is 4. The number of nitrogens with one attached hydrogen (secondary N) is 1. The molecule has 2 aliphatic heterocycles. The zero-order valence-corrected chi connectivity index (χ0v) is 11.1. The minimum Gasteiger partial charge on any atom is -0.395 e. The molecular weight excluding hydrogens is 214 g/mol. The lowest BCUT2D eigenvalue weighted by molar-refractivity contribution is 0.0980. The highest BCUT2D eigenvalue weighted by Crippen LogP contribution is 2.21. The third-order valence-electron chi connectivity index (χ3n) is 4.18. The fraction of sp³-hybridized carbons (Fsp3) is 1.00. The molecule has 0 aliphatic carbocycles. The summed E-state index contributed by atoms with van der Waals surface area (Å²) in [4.78, 5) is 5.22. The summed E-state index contributed by atoms with van der Waals surface area (Å²) in [6.45, 7) is 9.44. The van der Waals surface area contributed by atoms with Crippen LogP contribution >= 0.6 is 0 Å². The Morgan fingerprint density at radius 3 is 3.00 bits per heavy atom. The lowest BCUT2D eigenvalue weighted by Crippen LogP contribution is -2.51. The Balaban J connectivity index is 1.69. The predicted molar refractivity (Wildman–Crippen MR) is 70.2 cm³/mol. The van der Waals surface area contributed by atoms with E-state index in [1.54, 1.807) is 0 Å². The molecule has 2 aliphatic rings. The quantitative estimate of drug-likeness (QED) is 0.693. The molecule has 2 unspecified atom stereocenters. The van der Waals surface area contributed by atoms with Gasteiger partial charge in [-0.3, -0.25) is 4.90 Å². The Labute approximate surface area is 105 Å². The van der Waals surface area contributed by atoms with Gasteiger partial charge in [-0.1, -0.05) is 6.92 Å². The fourth-order valence-electron chi connectivity index (χ4n) is 3.14. The van der Waals surface area contributed by atoms with Gasteiger partial charge in [-0.2, -0.15) is 0 Å². The molecule has 2 atom stereocenters. The molecule has 0 amide bonds. The molecule has 2 fully saturated rings. The van der Waals surface area contributed by atoms with Crippen molar-refractivity contribution in [2.24, 2.45) is 0 Å². The van der Waals surface area contributed by atoms with Gasteiger partial charge in [0.25, 0.3) is 0 Å². The second-order valence-corrected chi connectivity index (χ2v) is 5.36. The van der Waals surface area contributed by atoms with Gasteiger partial charge in [-0.05, 0) is 38.9 Å². The van der Waals surface area contributed by atoms with E-state index < -0.39 is 0 Å². The summed E-state index contributed by atoms with van der Waals surface area (Å²) in [5.41, 5.74) is 0. The molecule has 4 nitrogen and oxygen atoms in total. The van der Waals surface area contributed by atoms with Gasteiger partial charge < -0.3 is 15.3 Å². The molecule has 2 rings (SSSR count). The van der Waals surface area contributed by atoms with Gasteiger partial charge in [0.2, 0.25) is 0 Å². The Bertz CT molecular complexity index is 225. The number of nitrogens with zero attached hydrogens (tertiary/aromatic N) is 2. The predicted octanol–water partition coefficient (Wildman–Crippen LogP) is 0.127. The van der Waals surface area contributed by atoms with Crippen LogP contribution < -0.4 is 5.32 Å². The number of likely N-dealkylation sites (N-methyl/N-ethyl adjacent to an activating group) is 1. The first-order chi connectivity index (χ1) is 8.33. The molecule has 4 heteroatoms. The smallest absolute Gasteiger partial charge is 0.0585 e. The summed E-state index contributed by atoms with van der Waals surface area (Å²) in [5.74, 6) is 0. The Kier molecular flexibility index (Phi) is 5.22. The fourth-order valence-corrected chi connectivity index (χ4v) is 3.14. The normalized spacial score (nSPS) is 28.2. The lowest BCUT2D eigenvalue weighted by Gasteiger charge is -2.38. The Hall–Kier alpha value is -0.160. The average molecular weight is 241 g/mol. The summed E-state index contributed by atoms with van der Waals surface area (Å²) >= 11 is 0. The number of aliphatic hydroxyl groups is 1. The van der Waals surface area contributed by atoms with E-state index in [0.717, 1.165) is 25.6 Å². The molecule has 0 aromatic rings. The van der Waals surface area contributed by atoms with Crippen molar-refractivity contribution in [3.8, 4) is 0 Å². The van der Waals surface area contributed by atoms with Gasteiger partial charge in [0, 0.05) is 31.7 Å². The number of aliphatic hydroxyl groups excluding tert-OH is 1. The number of piperazine rings is 1. The molecule has 0 bridgehead atoms. The maximum atomic E-state index is 9.25. The first-order valence-corrected chi connectivity index (χ1v) is 7.14. The standard InChI is InChI=1S/C13H27N3O/c1-2-14-12(11-17)5-7-15-8-9-16-6-3-4-13(16)10-15/h12-14,17H,2-11H2,1H3. The highest BCUT2D eigenvalue weighted by molar-refractivity contribution is 4.87. The van der Waals surface area contributed by atoms with E-state index in [4.69, 9.17) is 0 Å². The molecule has 17 heavy (non-hydrogen) atoms. The topological polar surface area (TPSA) is 38.7 Å². The maximum absolute atomic E-state index is 9.25. The van der Waals surface area contributed by atoms with Crippen LogP contribution in [-0.4, -0.2) is 72.9 Å². The minimum absolute atomic E-state index is 0.261. The van der Waals surface area contributed by atoms with Crippen molar-refractivity contribution in [3.63, 3.8) is 0 Å². The zero-order chi connectivity index (χ0) is 12.1. The molecule has 0 saturated carbocycles. The molecule has 2 N–H and O–H groups in total. The van der Waals surface area contributed by atoms with Crippen LogP contribution in [0.2, 0.25) is 0 Å². The van der Waals surface area contributed by atoms with E-state index in [1.807, 2.05) is 0 Å².